The van der Waals surface area contributed by atoms with E-state index in [9.17, 15) is 29.6 Å². The molecule has 4 aromatic carbocycles. The van der Waals surface area contributed by atoms with Crippen LogP contribution >= 0.6 is 0 Å². The highest BCUT2D eigenvalue weighted by Crippen LogP contribution is 2.60. The zero-order chi connectivity index (χ0) is 37.2. The zero-order valence-electron chi connectivity index (χ0n) is 29.2. The van der Waals surface area contributed by atoms with Crippen LogP contribution in [0.25, 0.3) is 0 Å². The van der Waals surface area contributed by atoms with Gasteiger partial charge in [0.05, 0.1) is 36.3 Å². The predicted molar refractivity (Wildman–Crippen MR) is 197 cm³/mol. The summed E-state index contributed by atoms with van der Waals surface area (Å²) in [6.45, 7) is 4.85. The monoisotopic (exact) mass is 724 g/mol. The summed E-state index contributed by atoms with van der Waals surface area (Å²) in [6, 6.07) is 29.2. The third-order valence-electron chi connectivity index (χ3n) is 10.1. The van der Waals surface area contributed by atoms with E-state index in [-0.39, 0.29) is 55.7 Å². The van der Waals surface area contributed by atoms with Crippen LogP contribution in [0.1, 0.15) is 40.4 Å². The molecule has 2 heterocycles. The molecule has 6 rings (SSSR count). The van der Waals surface area contributed by atoms with Crippen molar-refractivity contribution < 1.29 is 33.3 Å². The van der Waals surface area contributed by atoms with E-state index in [1.807, 2.05) is 36.4 Å². The van der Waals surface area contributed by atoms with Crippen LogP contribution in [0.4, 0.5) is 21.2 Å². The van der Waals surface area contributed by atoms with Crippen molar-refractivity contribution in [3.8, 4) is 0 Å². The summed E-state index contributed by atoms with van der Waals surface area (Å²) in [5.41, 5.74) is 0.455. The van der Waals surface area contributed by atoms with Gasteiger partial charge in [-0.15, -0.1) is 0 Å². The molecule has 0 radical (unpaired) electrons. The molecule has 0 bridgehead atoms. The van der Waals surface area contributed by atoms with Gasteiger partial charge in [-0.05, 0) is 54.6 Å². The number of nitro benzene ring substituents is 1. The van der Waals surface area contributed by atoms with Crippen LogP contribution in [0, 0.1) is 16.0 Å². The first kappa shape index (κ1) is 36.5. The molecule has 0 saturated carbocycles. The number of carbonyl (C=O) groups excluding carboxylic acids is 3. The number of benzene rings is 4. The number of aliphatic hydroxyl groups is 1. The van der Waals surface area contributed by atoms with Gasteiger partial charge in [-0.2, -0.15) is 0 Å². The molecule has 3 amide bonds. The van der Waals surface area contributed by atoms with Crippen LogP contribution in [0.3, 0.4) is 0 Å². The molecule has 0 aliphatic carbocycles. The zero-order valence-corrected chi connectivity index (χ0v) is 30.2. The summed E-state index contributed by atoms with van der Waals surface area (Å²) < 4.78 is 23.1. The van der Waals surface area contributed by atoms with Gasteiger partial charge in [0, 0.05) is 53.5 Å². The van der Waals surface area contributed by atoms with Gasteiger partial charge in [0.15, 0.2) is 5.60 Å². The topological polar surface area (TPSA) is 142 Å². The second kappa shape index (κ2) is 14.8. The molecular weight excluding hydrogens is 684 g/mol. The minimum Gasteiger partial charge on any atom is -0.395 e. The lowest BCUT2D eigenvalue weighted by molar-refractivity contribution is -0.385. The Hall–Kier alpha value is -5.24. The Balaban J connectivity index is 1.31. The fraction of sp³-hybridized carbons (Fsp3) is 0.308. The van der Waals surface area contributed by atoms with Crippen LogP contribution < -0.4 is 10.2 Å². The number of fused-ring (bicyclic) bond motifs is 2. The molecule has 0 unspecified atom stereocenters. The Kier molecular flexibility index (Phi) is 10.4. The van der Waals surface area contributed by atoms with Crippen molar-refractivity contribution in [2.45, 2.75) is 56.8 Å². The van der Waals surface area contributed by atoms with Crippen LogP contribution in [0.2, 0.25) is 18.6 Å². The maximum absolute atomic E-state index is 16.4. The maximum Gasteiger partial charge on any atom is 0.269 e. The molecule has 2 aliphatic heterocycles. The van der Waals surface area contributed by atoms with Gasteiger partial charge in [-0.1, -0.05) is 67.6 Å². The average molecular weight is 725 g/mol. The van der Waals surface area contributed by atoms with E-state index in [4.69, 9.17) is 4.74 Å². The summed E-state index contributed by atoms with van der Waals surface area (Å²) in [4.78, 5) is 55.7. The first-order valence-corrected chi connectivity index (χ1v) is 20.1. The maximum atomic E-state index is 16.4. The van der Waals surface area contributed by atoms with Crippen LogP contribution in [0.5, 0.6) is 0 Å². The smallest absolute Gasteiger partial charge is 0.269 e. The Morgan fingerprint density at radius 3 is 2.27 bits per heavy atom. The number of aliphatic hydroxyl groups excluding tert-OH is 1. The van der Waals surface area contributed by atoms with Gasteiger partial charge in [0.1, 0.15) is 0 Å². The third kappa shape index (κ3) is 7.11. The van der Waals surface area contributed by atoms with Crippen LogP contribution in [-0.4, -0.2) is 60.3 Å². The number of halogens is 1. The van der Waals surface area contributed by atoms with Crippen molar-refractivity contribution in [2.24, 2.45) is 5.92 Å². The fourth-order valence-corrected chi connectivity index (χ4v) is 10.2. The van der Waals surface area contributed by atoms with Crippen molar-refractivity contribution in [2.75, 3.05) is 23.4 Å². The first-order valence-electron chi connectivity index (χ1n) is 17.2. The second-order valence-electron chi connectivity index (χ2n) is 13.9. The van der Waals surface area contributed by atoms with E-state index >= 15 is 4.11 Å². The Labute approximate surface area is 302 Å². The van der Waals surface area contributed by atoms with Crippen molar-refractivity contribution in [3.63, 3.8) is 0 Å². The molecule has 4 aromatic rings. The van der Waals surface area contributed by atoms with E-state index in [1.54, 1.807) is 55.5 Å². The predicted octanol–water partition coefficient (Wildman–Crippen LogP) is 6.58. The largest absolute Gasteiger partial charge is 0.395 e. The van der Waals surface area contributed by atoms with Crippen LogP contribution in [-0.2, 0) is 33.0 Å². The SMILES string of the molecule is C[C@@H]1[C@@H]([Si](C)(C)F)[C@H](CC(=O)N(CCO)Cc2ccccc2)O[C@@]12C(=O)N(Cc1ccc(NC(=O)c3ccccc3)cc1)c1ccc([N+](=O)[O-])cc12. The van der Waals surface area contributed by atoms with Crippen molar-refractivity contribution >= 4 is 43.2 Å². The van der Waals surface area contributed by atoms with Gasteiger partial charge in [0.2, 0.25) is 14.3 Å². The highest BCUT2D eigenvalue weighted by Gasteiger charge is 2.67. The van der Waals surface area contributed by atoms with Gasteiger partial charge in [0.25, 0.3) is 17.5 Å². The number of hydrogen-bond acceptors (Lipinski definition) is 7. The molecule has 1 saturated heterocycles. The minimum absolute atomic E-state index is 0.0543. The Bertz CT molecular complexity index is 1960. The molecule has 13 heteroatoms. The third-order valence-corrected chi connectivity index (χ3v) is 12.5. The van der Waals surface area contributed by atoms with Crippen molar-refractivity contribution in [1.29, 1.82) is 0 Å². The number of amides is 3. The van der Waals surface area contributed by atoms with Crippen LogP contribution in [0.15, 0.2) is 103 Å². The van der Waals surface area contributed by atoms with Gasteiger partial charge >= 0.3 is 0 Å². The number of rotatable bonds is 12. The molecule has 1 spiro atoms. The number of hydrogen-bond donors (Lipinski definition) is 2. The normalized spacial score (nSPS) is 20.9. The number of carbonyl (C=O) groups is 3. The Morgan fingerprint density at radius 1 is 1.00 bits per heavy atom. The highest BCUT2D eigenvalue weighted by molar-refractivity contribution is 6.72. The van der Waals surface area contributed by atoms with Gasteiger partial charge < -0.3 is 29.1 Å². The number of nitrogens with zero attached hydrogens (tertiary/aromatic N) is 3. The molecule has 4 atom stereocenters. The molecular formula is C39H41FN4O7Si. The quantitative estimate of drug-likeness (QED) is 0.0728. The standard InChI is InChI=1S/C39H41FN4O7Si/c1-26-36(52(2,3)40)34(23-35(46)42(20-21-45)24-27-10-6-4-7-11-27)51-39(26)32-22-31(44(49)50)18-19-33(32)43(38(39)48)25-28-14-16-30(17-15-28)41-37(47)29-12-8-5-9-13-29/h4-19,22,26,34,36,45H,20-21,23-25H2,1-3H3,(H,41,47)/t26-,34+,36-,39+/m1/s1. The summed E-state index contributed by atoms with van der Waals surface area (Å²) in [7, 11) is -3.65. The second-order valence-corrected chi connectivity index (χ2v) is 17.7. The van der Waals surface area contributed by atoms with Gasteiger partial charge in [-0.25, -0.2) is 0 Å². The Morgan fingerprint density at radius 2 is 1.65 bits per heavy atom. The molecule has 2 aliphatic rings. The lowest BCUT2D eigenvalue weighted by atomic mass is 9.82. The lowest BCUT2D eigenvalue weighted by Gasteiger charge is -2.31. The van der Waals surface area contributed by atoms with E-state index in [2.05, 4.69) is 5.32 Å². The van der Waals surface area contributed by atoms with E-state index in [0.717, 1.165) is 5.56 Å². The molecule has 270 valence electrons. The number of ether oxygens (including phenoxy) is 1. The summed E-state index contributed by atoms with van der Waals surface area (Å²) in [6.07, 6.45) is -1.24. The van der Waals surface area contributed by atoms with Crippen molar-refractivity contribution in [3.05, 3.63) is 135 Å². The summed E-state index contributed by atoms with van der Waals surface area (Å²) in [5.74, 6) is -1.90. The molecule has 11 nitrogen and oxygen atoms in total. The number of non-ortho nitro benzene ring substituents is 1. The summed E-state index contributed by atoms with van der Waals surface area (Å²) >= 11 is 0. The summed E-state index contributed by atoms with van der Waals surface area (Å²) in [5, 5.41) is 24.6. The van der Waals surface area contributed by atoms with E-state index in [0.29, 0.717) is 22.5 Å². The number of nitro groups is 1. The highest BCUT2D eigenvalue weighted by atomic mass is 28.4. The lowest BCUT2D eigenvalue weighted by Crippen LogP contribution is -2.45. The molecule has 2 N–H and O–H groups in total. The minimum atomic E-state index is -3.65. The molecule has 1 fully saturated rings. The average Bonchev–Trinajstić information content (AvgIpc) is 3.55. The fourth-order valence-electron chi connectivity index (χ4n) is 7.69. The molecule has 52 heavy (non-hydrogen) atoms. The number of anilines is 2. The first-order chi connectivity index (χ1) is 24.8. The van der Waals surface area contributed by atoms with Crippen molar-refractivity contribution in [1.82, 2.24) is 4.90 Å². The molecule has 0 aromatic heterocycles. The number of nitrogens with one attached hydrogen (secondary N) is 1. The van der Waals surface area contributed by atoms with E-state index in [1.165, 1.54) is 41.1 Å². The van der Waals surface area contributed by atoms with E-state index < -0.39 is 42.4 Å². The van der Waals surface area contributed by atoms with Gasteiger partial charge in [-0.3, -0.25) is 24.5 Å².